The second-order valence-corrected chi connectivity index (χ2v) is 7.45. The lowest BCUT2D eigenvalue weighted by molar-refractivity contribution is -0.111. The molecule has 0 aliphatic carbocycles. The normalized spacial score (nSPS) is 12.9. The summed E-state index contributed by atoms with van der Waals surface area (Å²) in [5.74, 6) is -1.08. The van der Waals surface area contributed by atoms with E-state index in [1.165, 1.54) is 31.5 Å². The van der Waals surface area contributed by atoms with Gasteiger partial charge in [-0.1, -0.05) is 36.4 Å². The van der Waals surface area contributed by atoms with Gasteiger partial charge in [0.25, 0.3) is 0 Å². The lowest BCUT2D eigenvalue weighted by Crippen LogP contribution is -2.12. The smallest absolute Gasteiger partial charge is 0.237 e. The minimum absolute atomic E-state index is 0.0231. The van der Waals surface area contributed by atoms with E-state index in [1.54, 1.807) is 16.7 Å². The van der Waals surface area contributed by atoms with Gasteiger partial charge in [-0.3, -0.25) is 9.79 Å². The van der Waals surface area contributed by atoms with Crippen molar-refractivity contribution in [2.75, 3.05) is 7.05 Å². The molecule has 0 bridgehead atoms. The Labute approximate surface area is 186 Å². The number of ketones is 1. The third-order valence-corrected chi connectivity index (χ3v) is 5.37. The summed E-state index contributed by atoms with van der Waals surface area (Å²) in [4.78, 5) is 19.7. The van der Waals surface area contributed by atoms with Gasteiger partial charge in [0.2, 0.25) is 5.78 Å². The number of aliphatic hydroxyl groups is 2. The van der Waals surface area contributed by atoms with E-state index in [2.05, 4.69) is 16.0 Å². The molecule has 1 atom stereocenters. The Balaban J connectivity index is 1.95. The zero-order valence-corrected chi connectivity index (χ0v) is 18.1. The molecule has 0 aliphatic rings. The molecule has 1 heterocycles. The summed E-state index contributed by atoms with van der Waals surface area (Å²) in [6.45, 7) is 2.26. The van der Waals surface area contributed by atoms with Crippen molar-refractivity contribution in [3.63, 3.8) is 0 Å². The van der Waals surface area contributed by atoms with Crippen LogP contribution in [-0.2, 0) is 17.9 Å². The van der Waals surface area contributed by atoms with E-state index < -0.39 is 11.5 Å². The maximum Gasteiger partial charge on any atom is 0.237 e. The van der Waals surface area contributed by atoms with E-state index in [4.69, 9.17) is 0 Å². The van der Waals surface area contributed by atoms with Gasteiger partial charge in [0.05, 0.1) is 24.7 Å². The molecular formula is C25H26FN3O3. The van der Waals surface area contributed by atoms with E-state index in [-0.39, 0.29) is 18.3 Å². The molecule has 6 nitrogen and oxygen atoms in total. The van der Waals surface area contributed by atoms with Gasteiger partial charge < -0.3 is 14.8 Å². The van der Waals surface area contributed by atoms with Crippen molar-refractivity contribution in [3.8, 4) is 0 Å². The monoisotopic (exact) mass is 435 g/mol. The summed E-state index contributed by atoms with van der Waals surface area (Å²) < 4.78 is 15.3. The number of rotatable bonds is 9. The first kappa shape index (κ1) is 23.1. The predicted molar refractivity (Wildman–Crippen MR) is 122 cm³/mol. The summed E-state index contributed by atoms with van der Waals surface area (Å²) in [7, 11) is 1.44. The Morgan fingerprint density at radius 2 is 1.94 bits per heavy atom. The number of nitrogens with zero attached hydrogens (tertiary/aromatic N) is 3. The van der Waals surface area contributed by atoms with Gasteiger partial charge in [-0.15, -0.1) is 0 Å². The number of benzene rings is 2. The molecule has 0 fully saturated rings. The number of halogens is 1. The molecule has 0 saturated carbocycles. The Morgan fingerprint density at radius 1 is 1.22 bits per heavy atom. The van der Waals surface area contributed by atoms with Gasteiger partial charge in [0.15, 0.2) is 5.76 Å². The number of aliphatic hydroxyl groups excluding tert-OH is 2. The third kappa shape index (κ3) is 5.36. The first-order valence-corrected chi connectivity index (χ1v) is 10.3. The van der Waals surface area contributed by atoms with Crippen LogP contribution in [0.1, 0.15) is 40.5 Å². The average Bonchev–Trinajstić information content (AvgIpc) is 3.17. The van der Waals surface area contributed by atoms with Crippen LogP contribution in [0.4, 0.5) is 4.39 Å². The minimum Gasteiger partial charge on any atom is -0.504 e. The van der Waals surface area contributed by atoms with E-state index in [0.717, 1.165) is 22.9 Å². The van der Waals surface area contributed by atoms with E-state index in [9.17, 15) is 19.4 Å². The molecule has 1 aromatic heterocycles. The zero-order valence-electron chi connectivity index (χ0n) is 18.1. The first-order valence-electron chi connectivity index (χ1n) is 10.3. The Morgan fingerprint density at radius 3 is 2.59 bits per heavy atom. The summed E-state index contributed by atoms with van der Waals surface area (Å²) in [5.41, 5.74) is 3.78. The Bertz CT molecular complexity index is 1130. The molecule has 2 aromatic carbocycles. The third-order valence-electron chi connectivity index (χ3n) is 5.37. The highest BCUT2D eigenvalue weighted by molar-refractivity contribution is 6.35. The van der Waals surface area contributed by atoms with Gasteiger partial charge in [-0.05, 0) is 42.2 Å². The number of hydrogen-bond donors (Lipinski definition) is 2. The Hall–Kier alpha value is -3.58. The van der Waals surface area contributed by atoms with Crippen LogP contribution in [0.25, 0.3) is 6.08 Å². The number of hydrogen-bond acceptors (Lipinski definition) is 5. The van der Waals surface area contributed by atoms with Crippen LogP contribution in [0.2, 0.25) is 0 Å². The summed E-state index contributed by atoms with van der Waals surface area (Å²) in [6, 6.07) is 14.5. The van der Waals surface area contributed by atoms with Crippen molar-refractivity contribution in [1.29, 1.82) is 0 Å². The van der Waals surface area contributed by atoms with Crippen molar-refractivity contribution in [1.82, 2.24) is 9.55 Å². The number of allylic oxidation sites excluding steroid dienone is 1. The number of Topliss-reactive ketones (excluding diaryl/α,β-unsaturated/α-hetero) is 1. The van der Waals surface area contributed by atoms with Crippen LogP contribution >= 0.6 is 0 Å². The molecule has 3 rings (SSSR count). The largest absolute Gasteiger partial charge is 0.504 e. The van der Waals surface area contributed by atoms with Crippen molar-refractivity contribution in [2.45, 2.75) is 32.4 Å². The van der Waals surface area contributed by atoms with E-state index in [1.807, 2.05) is 25.1 Å². The minimum atomic E-state index is -0.628. The second kappa shape index (κ2) is 10.6. The molecule has 0 radical (unpaired) electrons. The van der Waals surface area contributed by atoms with Crippen molar-refractivity contribution >= 4 is 18.1 Å². The maximum absolute atomic E-state index is 13.5. The van der Waals surface area contributed by atoms with Gasteiger partial charge >= 0.3 is 0 Å². The van der Waals surface area contributed by atoms with Gasteiger partial charge in [-0.2, -0.15) is 0 Å². The molecule has 0 saturated heterocycles. The number of aryl methyl sites for hydroxylation is 1. The maximum atomic E-state index is 13.5. The number of aromatic nitrogens is 2. The highest BCUT2D eigenvalue weighted by Crippen LogP contribution is 2.31. The van der Waals surface area contributed by atoms with Crippen LogP contribution in [0.3, 0.4) is 0 Å². The highest BCUT2D eigenvalue weighted by atomic mass is 19.1. The van der Waals surface area contributed by atoms with E-state index in [0.29, 0.717) is 24.5 Å². The van der Waals surface area contributed by atoms with Crippen molar-refractivity contribution < 1.29 is 19.4 Å². The first-order chi connectivity index (χ1) is 15.4. The average molecular weight is 435 g/mol. The standard InChI is InChI=1S/C25H26FN3O3/c1-17-5-3-4-6-21(17)22(18-7-9-19(26)10-8-18)11-12-29-20(16-30)14-28-25(29)13-23(31)24(32)15-27-2/h3-10,13-15,22,30-31H,11-12,16H2,1-2H3/b23-13-,27-15?/t22-/m0/s1. The zero-order chi connectivity index (χ0) is 23.1. The topological polar surface area (TPSA) is 87.7 Å². The van der Waals surface area contributed by atoms with Gasteiger partial charge in [-0.25, -0.2) is 9.37 Å². The molecular weight excluding hydrogens is 409 g/mol. The Kier molecular flexibility index (Phi) is 7.68. The molecule has 0 aliphatic heterocycles. The van der Waals surface area contributed by atoms with Crippen LogP contribution in [-0.4, -0.2) is 38.8 Å². The SMILES string of the molecule is CN=CC(=O)/C(O)=C/c1ncc(CO)n1CC[C@@H](c1ccc(F)cc1)c1ccccc1C. The lowest BCUT2D eigenvalue weighted by Gasteiger charge is -2.21. The number of imidazole rings is 1. The fourth-order valence-corrected chi connectivity index (χ4v) is 3.74. The van der Waals surface area contributed by atoms with Gasteiger partial charge in [0.1, 0.15) is 11.6 Å². The van der Waals surface area contributed by atoms with Gasteiger partial charge in [0, 0.05) is 25.6 Å². The van der Waals surface area contributed by atoms with Crippen LogP contribution in [0.15, 0.2) is 65.5 Å². The van der Waals surface area contributed by atoms with E-state index >= 15 is 0 Å². The molecule has 3 aromatic rings. The second-order valence-electron chi connectivity index (χ2n) is 7.45. The molecule has 2 N–H and O–H groups in total. The fraction of sp³-hybridized carbons (Fsp3) is 0.240. The predicted octanol–water partition coefficient (Wildman–Crippen LogP) is 4.21. The summed E-state index contributed by atoms with van der Waals surface area (Å²) >= 11 is 0. The molecule has 7 heteroatoms. The number of carbonyl (C=O) groups is 1. The fourth-order valence-electron chi connectivity index (χ4n) is 3.74. The molecule has 0 spiro atoms. The van der Waals surface area contributed by atoms with Crippen LogP contribution < -0.4 is 0 Å². The molecule has 32 heavy (non-hydrogen) atoms. The van der Waals surface area contributed by atoms with Crippen LogP contribution in [0.5, 0.6) is 0 Å². The highest BCUT2D eigenvalue weighted by Gasteiger charge is 2.19. The van der Waals surface area contributed by atoms with Crippen molar-refractivity contribution in [2.24, 2.45) is 4.99 Å². The quantitative estimate of drug-likeness (QED) is 0.299. The van der Waals surface area contributed by atoms with Crippen molar-refractivity contribution in [3.05, 3.63) is 94.5 Å². The molecule has 0 unspecified atom stereocenters. The molecule has 166 valence electrons. The lowest BCUT2D eigenvalue weighted by atomic mass is 9.86. The van der Waals surface area contributed by atoms with Crippen LogP contribution in [0, 0.1) is 12.7 Å². The summed E-state index contributed by atoms with van der Waals surface area (Å²) in [5, 5.41) is 19.8. The summed E-state index contributed by atoms with van der Waals surface area (Å²) in [6.07, 6.45) is 4.43. The number of aliphatic imine (C=N–C) groups is 1. The number of carbonyl (C=O) groups excluding carboxylic acids is 1. The molecule has 0 amide bonds.